The van der Waals surface area contributed by atoms with E-state index in [1.807, 2.05) is 23.2 Å². The predicted octanol–water partition coefficient (Wildman–Crippen LogP) is 2.72. The maximum Gasteiger partial charge on any atom is 0.278 e. The zero-order valence-corrected chi connectivity index (χ0v) is 15.2. The minimum Gasteiger partial charge on any atom is -0.337 e. The molecule has 136 valence electrons. The van der Waals surface area contributed by atoms with Gasteiger partial charge in [-0.1, -0.05) is 19.0 Å². The number of rotatable bonds is 3. The molecule has 0 saturated carbocycles. The highest BCUT2D eigenvalue weighted by Crippen LogP contribution is 2.31. The van der Waals surface area contributed by atoms with Crippen LogP contribution >= 0.6 is 0 Å². The van der Waals surface area contributed by atoms with Crippen LogP contribution in [0.1, 0.15) is 60.7 Å². The molecule has 1 aliphatic rings. The van der Waals surface area contributed by atoms with E-state index in [0.717, 1.165) is 29.8 Å². The van der Waals surface area contributed by atoms with E-state index >= 15 is 0 Å². The Morgan fingerprint density at radius 1 is 1.27 bits per heavy atom. The van der Waals surface area contributed by atoms with Gasteiger partial charge in [-0.2, -0.15) is 0 Å². The number of hydrogen-bond donors (Lipinski definition) is 0. The lowest BCUT2D eigenvalue weighted by molar-refractivity contribution is 0.0683. The van der Waals surface area contributed by atoms with Gasteiger partial charge in [-0.3, -0.25) is 4.79 Å². The monoisotopic (exact) mass is 354 g/mol. The number of piperidine rings is 1. The molecule has 0 aliphatic carbocycles. The predicted molar refractivity (Wildman–Crippen MR) is 94.8 cm³/mol. The van der Waals surface area contributed by atoms with E-state index in [2.05, 4.69) is 38.3 Å². The van der Waals surface area contributed by atoms with Crippen molar-refractivity contribution in [3.8, 4) is 0 Å². The topological polar surface area (TPSA) is 89.9 Å². The normalized spacial score (nSPS) is 15.9. The smallest absolute Gasteiger partial charge is 0.278 e. The first kappa shape index (κ1) is 16.7. The highest BCUT2D eigenvalue weighted by molar-refractivity contribution is 5.93. The zero-order chi connectivity index (χ0) is 18.3. The van der Waals surface area contributed by atoms with Crippen molar-refractivity contribution in [1.29, 1.82) is 0 Å². The fraction of sp³-hybridized carbons (Fsp3) is 0.500. The third-order valence-electron chi connectivity index (χ3n) is 4.96. The lowest BCUT2D eigenvalue weighted by atomic mass is 10.0. The van der Waals surface area contributed by atoms with E-state index in [4.69, 9.17) is 4.98 Å². The Bertz CT molecular complexity index is 936. The van der Waals surface area contributed by atoms with E-state index in [-0.39, 0.29) is 11.9 Å². The minimum atomic E-state index is -0.111. The number of carbonyl (C=O) groups excluding carboxylic acids is 1. The third kappa shape index (κ3) is 2.75. The van der Waals surface area contributed by atoms with Crippen molar-refractivity contribution in [1.82, 2.24) is 29.7 Å². The number of aromatic nitrogens is 5. The van der Waals surface area contributed by atoms with Crippen LogP contribution in [0.25, 0.3) is 11.2 Å². The van der Waals surface area contributed by atoms with Crippen molar-refractivity contribution in [3.05, 3.63) is 35.5 Å². The maximum atomic E-state index is 12.6. The molecule has 3 aromatic rings. The number of amides is 1. The summed E-state index contributed by atoms with van der Waals surface area (Å²) in [7, 11) is 0. The summed E-state index contributed by atoms with van der Waals surface area (Å²) in [4.78, 5) is 23.8. The van der Waals surface area contributed by atoms with Crippen LogP contribution in [0.4, 0.5) is 0 Å². The first-order valence-corrected chi connectivity index (χ1v) is 8.97. The van der Waals surface area contributed by atoms with Crippen LogP contribution in [-0.4, -0.2) is 48.7 Å². The summed E-state index contributed by atoms with van der Waals surface area (Å²) in [6.07, 6.45) is 3.53. The Kier molecular flexibility index (Phi) is 4.18. The third-order valence-corrected chi connectivity index (χ3v) is 4.96. The molecule has 0 unspecified atom stereocenters. The Labute approximate surface area is 151 Å². The largest absolute Gasteiger partial charge is 0.337 e. The molecular formula is C18H22N6O2. The first-order valence-electron chi connectivity index (χ1n) is 8.97. The molecule has 0 aromatic carbocycles. The summed E-state index contributed by atoms with van der Waals surface area (Å²) in [6.45, 7) is 7.36. The molecule has 8 heteroatoms. The van der Waals surface area contributed by atoms with Crippen LogP contribution in [0.15, 0.2) is 23.0 Å². The van der Waals surface area contributed by atoms with Gasteiger partial charge < -0.3 is 9.47 Å². The van der Waals surface area contributed by atoms with Crippen LogP contribution in [0.5, 0.6) is 0 Å². The van der Waals surface area contributed by atoms with Crippen molar-refractivity contribution in [2.24, 2.45) is 0 Å². The van der Waals surface area contributed by atoms with Gasteiger partial charge in [-0.25, -0.2) is 14.6 Å². The number of nitrogens with zero attached hydrogens (tertiary/aromatic N) is 6. The summed E-state index contributed by atoms with van der Waals surface area (Å²) < 4.78 is 6.93. The summed E-state index contributed by atoms with van der Waals surface area (Å²) >= 11 is 0. The van der Waals surface area contributed by atoms with E-state index < -0.39 is 0 Å². The summed E-state index contributed by atoms with van der Waals surface area (Å²) in [6, 6.07) is 4.20. The Morgan fingerprint density at radius 2 is 2.04 bits per heavy atom. The average Bonchev–Trinajstić information content (AvgIpc) is 3.25. The molecule has 0 spiro atoms. The first-order chi connectivity index (χ1) is 12.6. The van der Waals surface area contributed by atoms with E-state index in [0.29, 0.717) is 30.4 Å². The average molecular weight is 354 g/mol. The van der Waals surface area contributed by atoms with Gasteiger partial charge in [0.15, 0.2) is 11.3 Å². The second-order valence-corrected chi connectivity index (χ2v) is 7.06. The van der Waals surface area contributed by atoms with Crippen LogP contribution in [0.3, 0.4) is 0 Å². The van der Waals surface area contributed by atoms with Crippen LogP contribution in [0.2, 0.25) is 0 Å². The lowest BCUT2D eigenvalue weighted by Gasteiger charge is -2.33. The Balaban J connectivity index is 1.57. The fourth-order valence-corrected chi connectivity index (χ4v) is 3.62. The molecule has 4 rings (SSSR count). The number of carbonyl (C=O) groups is 1. The molecule has 3 aromatic heterocycles. The number of imidazole rings is 1. The van der Waals surface area contributed by atoms with Crippen molar-refractivity contribution >= 4 is 17.1 Å². The molecule has 26 heavy (non-hydrogen) atoms. The van der Waals surface area contributed by atoms with E-state index in [1.54, 1.807) is 6.92 Å². The molecule has 1 fully saturated rings. The van der Waals surface area contributed by atoms with Gasteiger partial charge in [0.25, 0.3) is 5.91 Å². The van der Waals surface area contributed by atoms with Crippen LogP contribution < -0.4 is 0 Å². The molecule has 1 amide bonds. The quantitative estimate of drug-likeness (QED) is 0.718. The number of pyridine rings is 1. The zero-order valence-electron chi connectivity index (χ0n) is 15.2. The summed E-state index contributed by atoms with van der Waals surface area (Å²) in [5.74, 6) is 1.26. The van der Waals surface area contributed by atoms with Crippen LogP contribution in [-0.2, 0) is 0 Å². The molecule has 1 saturated heterocycles. The molecule has 0 atom stereocenters. The second-order valence-electron chi connectivity index (χ2n) is 7.06. The maximum absolute atomic E-state index is 12.6. The number of fused-ring (bicyclic) bond motifs is 1. The van der Waals surface area contributed by atoms with Crippen molar-refractivity contribution < 1.29 is 9.42 Å². The van der Waals surface area contributed by atoms with Crippen molar-refractivity contribution in [2.45, 2.75) is 45.6 Å². The number of hydrogen-bond acceptors (Lipinski definition) is 6. The molecule has 8 nitrogen and oxygen atoms in total. The highest BCUT2D eigenvalue weighted by Gasteiger charge is 2.30. The SMILES string of the molecule is Cc1nonc1C(=O)N1CCC(n2c(C(C)C)nc3cccnc32)CC1. The van der Waals surface area contributed by atoms with Crippen LogP contribution in [0, 0.1) is 6.92 Å². The second kappa shape index (κ2) is 6.51. The Morgan fingerprint density at radius 3 is 2.69 bits per heavy atom. The van der Waals surface area contributed by atoms with Gasteiger partial charge in [0, 0.05) is 31.2 Å². The molecule has 0 bridgehead atoms. The van der Waals surface area contributed by atoms with Gasteiger partial charge >= 0.3 is 0 Å². The highest BCUT2D eigenvalue weighted by atomic mass is 16.6. The van der Waals surface area contributed by atoms with E-state index in [9.17, 15) is 4.79 Å². The molecule has 0 radical (unpaired) electrons. The lowest BCUT2D eigenvalue weighted by Crippen LogP contribution is -2.39. The van der Waals surface area contributed by atoms with Gasteiger partial charge in [0.05, 0.1) is 0 Å². The van der Waals surface area contributed by atoms with Gasteiger partial charge in [-0.15, -0.1) is 0 Å². The van der Waals surface area contributed by atoms with Crippen molar-refractivity contribution in [3.63, 3.8) is 0 Å². The van der Waals surface area contributed by atoms with Gasteiger partial charge in [-0.05, 0) is 37.1 Å². The molecule has 1 aliphatic heterocycles. The fourth-order valence-electron chi connectivity index (χ4n) is 3.62. The van der Waals surface area contributed by atoms with Gasteiger partial charge in [0.1, 0.15) is 17.0 Å². The van der Waals surface area contributed by atoms with Gasteiger partial charge in [0.2, 0.25) is 0 Å². The Hall–Kier alpha value is -2.77. The molecular weight excluding hydrogens is 332 g/mol. The minimum absolute atomic E-state index is 0.111. The standard InChI is InChI=1S/C18H22N6O2/c1-11(2)16-20-14-5-4-8-19-17(14)24(16)13-6-9-23(10-7-13)18(25)15-12(3)21-26-22-15/h4-5,8,11,13H,6-7,9-10H2,1-3H3. The summed E-state index contributed by atoms with van der Waals surface area (Å²) in [5.41, 5.74) is 2.70. The molecule has 0 N–H and O–H groups in total. The van der Waals surface area contributed by atoms with E-state index in [1.165, 1.54) is 0 Å². The van der Waals surface area contributed by atoms with Crippen molar-refractivity contribution in [2.75, 3.05) is 13.1 Å². The number of likely N-dealkylation sites (tertiary alicyclic amines) is 1. The summed E-state index contributed by atoms with van der Waals surface area (Å²) in [5, 5.41) is 7.43. The number of aryl methyl sites for hydroxylation is 1. The molecule has 4 heterocycles.